The normalized spacial score (nSPS) is 32.6. The lowest BCUT2D eigenvalue weighted by atomic mass is 9.74. The van der Waals surface area contributed by atoms with E-state index in [9.17, 15) is 0 Å². The maximum Gasteiger partial charge on any atom is 0.0619 e. The number of piperidine rings is 1. The Morgan fingerprint density at radius 3 is 2.88 bits per heavy atom. The molecule has 17 heavy (non-hydrogen) atoms. The molecule has 2 rings (SSSR count). The van der Waals surface area contributed by atoms with E-state index in [1.165, 1.54) is 32.5 Å². The molecule has 2 atom stereocenters. The van der Waals surface area contributed by atoms with Gasteiger partial charge in [0.25, 0.3) is 0 Å². The van der Waals surface area contributed by atoms with Gasteiger partial charge < -0.3 is 10.1 Å². The summed E-state index contributed by atoms with van der Waals surface area (Å²) < 4.78 is 5.52. The Morgan fingerprint density at radius 1 is 1.41 bits per heavy atom. The van der Waals surface area contributed by atoms with Gasteiger partial charge >= 0.3 is 0 Å². The summed E-state index contributed by atoms with van der Waals surface area (Å²) in [6.45, 7) is 13.7. The van der Waals surface area contributed by atoms with Crippen LogP contribution in [0.2, 0.25) is 0 Å². The van der Waals surface area contributed by atoms with E-state index in [4.69, 9.17) is 4.74 Å². The number of morpholine rings is 1. The summed E-state index contributed by atoms with van der Waals surface area (Å²) in [5, 5.41) is 3.55. The molecular weight excluding hydrogens is 212 g/mol. The molecule has 0 bridgehead atoms. The predicted molar refractivity (Wildman–Crippen MR) is 71.2 cm³/mol. The zero-order valence-corrected chi connectivity index (χ0v) is 11.7. The summed E-state index contributed by atoms with van der Waals surface area (Å²) in [5.41, 5.74) is 0.416. The maximum atomic E-state index is 5.52. The first-order valence-electron chi connectivity index (χ1n) is 7.12. The van der Waals surface area contributed by atoms with Gasteiger partial charge in [-0.3, -0.25) is 4.90 Å². The fraction of sp³-hybridized carbons (Fsp3) is 1.00. The second kappa shape index (κ2) is 5.68. The van der Waals surface area contributed by atoms with Crippen molar-refractivity contribution in [1.82, 2.24) is 10.2 Å². The first kappa shape index (κ1) is 13.3. The lowest BCUT2D eigenvalue weighted by molar-refractivity contribution is -0.0264. The molecule has 0 aliphatic carbocycles. The fourth-order valence-electron chi connectivity index (χ4n) is 3.17. The van der Waals surface area contributed by atoms with E-state index in [0.717, 1.165) is 25.7 Å². The van der Waals surface area contributed by atoms with E-state index in [1.54, 1.807) is 0 Å². The third-order valence-corrected chi connectivity index (χ3v) is 4.52. The second-order valence-corrected chi connectivity index (χ2v) is 6.43. The summed E-state index contributed by atoms with van der Waals surface area (Å²) in [6, 6.07) is 0.583. The minimum absolute atomic E-state index is 0.416. The van der Waals surface area contributed by atoms with Crippen molar-refractivity contribution in [2.45, 2.75) is 39.7 Å². The Morgan fingerprint density at radius 2 is 2.24 bits per heavy atom. The van der Waals surface area contributed by atoms with Crippen LogP contribution in [0.25, 0.3) is 0 Å². The van der Waals surface area contributed by atoms with Gasteiger partial charge in [0.2, 0.25) is 0 Å². The first-order chi connectivity index (χ1) is 8.09. The molecule has 0 amide bonds. The maximum absolute atomic E-state index is 5.52. The van der Waals surface area contributed by atoms with Crippen LogP contribution in [-0.4, -0.2) is 50.3 Å². The predicted octanol–water partition coefficient (Wildman–Crippen LogP) is 1.73. The van der Waals surface area contributed by atoms with Gasteiger partial charge in [0, 0.05) is 19.1 Å². The van der Waals surface area contributed by atoms with Gasteiger partial charge in [0.15, 0.2) is 0 Å². The Kier molecular flexibility index (Phi) is 4.45. The molecule has 2 aliphatic heterocycles. The van der Waals surface area contributed by atoms with Crippen LogP contribution < -0.4 is 5.32 Å². The van der Waals surface area contributed by atoms with Crippen molar-refractivity contribution in [2.75, 3.05) is 39.4 Å². The van der Waals surface area contributed by atoms with Crippen LogP contribution in [-0.2, 0) is 4.74 Å². The van der Waals surface area contributed by atoms with Gasteiger partial charge in [-0.15, -0.1) is 0 Å². The van der Waals surface area contributed by atoms with Crippen molar-refractivity contribution in [2.24, 2.45) is 11.3 Å². The van der Waals surface area contributed by atoms with E-state index >= 15 is 0 Å². The van der Waals surface area contributed by atoms with Crippen molar-refractivity contribution in [1.29, 1.82) is 0 Å². The third kappa shape index (κ3) is 3.43. The average molecular weight is 240 g/mol. The highest BCUT2D eigenvalue weighted by molar-refractivity contribution is 4.87. The van der Waals surface area contributed by atoms with Crippen molar-refractivity contribution in [3.8, 4) is 0 Å². The highest BCUT2D eigenvalue weighted by atomic mass is 16.5. The van der Waals surface area contributed by atoms with Crippen LogP contribution in [0.3, 0.4) is 0 Å². The standard InChI is InChI=1S/C14H28N2O/c1-12-10-17-8-7-16(12)11-14(2,3)13-5-4-6-15-9-13/h12-13,15H,4-11H2,1-3H3. The smallest absolute Gasteiger partial charge is 0.0619 e. The van der Waals surface area contributed by atoms with Crippen LogP contribution in [0, 0.1) is 11.3 Å². The summed E-state index contributed by atoms with van der Waals surface area (Å²) >= 11 is 0. The molecular formula is C14H28N2O. The van der Waals surface area contributed by atoms with Gasteiger partial charge in [-0.2, -0.15) is 0 Å². The third-order valence-electron chi connectivity index (χ3n) is 4.52. The van der Waals surface area contributed by atoms with E-state index in [1.807, 2.05) is 0 Å². The zero-order valence-electron chi connectivity index (χ0n) is 11.7. The fourth-order valence-corrected chi connectivity index (χ4v) is 3.17. The van der Waals surface area contributed by atoms with Gasteiger partial charge in [-0.05, 0) is 44.2 Å². The summed E-state index contributed by atoms with van der Waals surface area (Å²) in [7, 11) is 0. The minimum Gasteiger partial charge on any atom is -0.379 e. The van der Waals surface area contributed by atoms with Gasteiger partial charge in [-0.25, -0.2) is 0 Å². The largest absolute Gasteiger partial charge is 0.379 e. The van der Waals surface area contributed by atoms with Crippen LogP contribution in [0.4, 0.5) is 0 Å². The van der Waals surface area contributed by atoms with E-state index in [-0.39, 0.29) is 0 Å². The van der Waals surface area contributed by atoms with Crippen LogP contribution in [0.15, 0.2) is 0 Å². The SMILES string of the molecule is CC1COCCN1CC(C)(C)C1CCCNC1. The quantitative estimate of drug-likeness (QED) is 0.813. The van der Waals surface area contributed by atoms with Crippen LogP contribution in [0.5, 0.6) is 0 Å². The van der Waals surface area contributed by atoms with Crippen molar-refractivity contribution >= 4 is 0 Å². The molecule has 0 spiro atoms. The summed E-state index contributed by atoms with van der Waals surface area (Å²) in [4.78, 5) is 2.61. The molecule has 1 N–H and O–H groups in total. The van der Waals surface area contributed by atoms with E-state index in [2.05, 4.69) is 31.0 Å². The van der Waals surface area contributed by atoms with Gasteiger partial charge in [-0.1, -0.05) is 13.8 Å². The lowest BCUT2D eigenvalue weighted by Gasteiger charge is -2.44. The number of hydrogen-bond donors (Lipinski definition) is 1. The molecule has 0 radical (unpaired) electrons. The molecule has 2 heterocycles. The number of nitrogens with one attached hydrogen (secondary N) is 1. The average Bonchev–Trinajstić information content (AvgIpc) is 2.33. The highest BCUT2D eigenvalue weighted by Crippen LogP contribution is 2.33. The summed E-state index contributed by atoms with van der Waals surface area (Å²) in [5.74, 6) is 0.825. The molecule has 3 heteroatoms. The molecule has 2 unspecified atom stereocenters. The molecule has 0 aromatic heterocycles. The first-order valence-corrected chi connectivity index (χ1v) is 7.12. The Balaban J connectivity index is 1.90. The number of ether oxygens (including phenoxy) is 1. The Bertz CT molecular complexity index is 236. The molecule has 0 aromatic rings. The molecule has 3 nitrogen and oxygen atoms in total. The number of nitrogens with zero attached hydrogens (tertiary/aromatic N) is 1. The molecule has 2 saturated heterocycles. The topological polar surface area (TPSA) is 24.5 Å². The number of hydrogen-bond acceptors (Lipinski definition) is 3. The lowest BCUT2D eigenvalue weighted by Crippen LogP contribution is -2.51. The van der Waals surface area contributed by atoms with Crippen molar-refractivity contribution in [3.05, 3.63) is 0 Å². The molecule has 0 aromatic carbocycles. The molecule has 100 valence electrons. The molecule has 2 aliphatic rings. The minimum atomic E-state index is 0.416. The Hall–Kier alpha value is -0.120. The second-order valence-electron chi connectivity index (χ2n) is 6.43. The monoisotopic (exact) mass is 240 g/mol. The zero-order chi connectivity index (χ0) is 12.3. The Labute approximate surface area is 106 Å². The van der Waals surface area contributed by atoms with Crippen molar-refractivity contribution < 1.29 is 4.74 Å². The van der Waals surface area contributed by atoms with Gasteiger partial charge in [0.05, 0.1) is 13.2 Å². The number of rotatable bonds is 3. The van der Waals surface area contributed by atoms with Gasteiger partial charge in [0.1, 0.15) is 0 Å². The van der Waals surface area contributed by atoms with E-state index in [0.29, 0.717) is 11.5 Å². The van der Waals surface area contributed by atoms with Crippen LogP contribution in [0.1, 0.15) is 33.6 Å². The highest BCUT2D eigenvalue weighted by Gasteiger charge is 2.34. The van der Waals surface area contributed by atoms with Crippen LogP contribution >= 0.6 is 0 Å². The molecule has 2 fully saturated rings. The van der Waals surface area contributed by atoms with Crippen molar-refractivity contribution in [3.63, 3.8) is 0 Å². The summed E-state index contributed by atoms with van der Waals surface area (Å²) in [6.07, 6.45) is 2.73. The molecule has 0 saturated carbocycles. The van der Waals surface area contributed by atoms with E-state index < -0.39 is 0 Å².